The number of amides is 1. The van der Waals surface area contributed by atoms with E-state index in [4.69, 9.17) is 9.88 Å². The van der Waals surface area contributed by atoms with Gasteiger partial charge in [0.15, 0.2) is 0 Å². The van der Waals surface area contributed by atoms with Crippen LogP contribution in [0.15, 0.2) is 45.7 Å². The lowest BCUT2D eigenvalue weighted by Crippen LogP contribution is -2.30. The van der Waals surface area contributed by atoms with Crippen molar-refractivity contribution in [1.29, 1.82) is 0 Å². The van der Waals surface area contributed by atoms with Crippen molar-refractivity contribution in [1.82, 2.24) is 19.9 Å². The molecule has 4 N–H and O–H groups in total. The lowest BCUT2D eigenvalue weighted by Gasteiger charge is -2.10. The molecular formula is C22H23N5O5S2. The number of nitrogens with one attached hydrogen (secondary N) is 2. The molecule has 0 radical (unpaired) electrons. The summed E-state index contributed by atoms with van der Waals surface area (Å²) in [6.07, 6.45) is 3.13. The van der Waals surface area contributed by atoms with Gasteiger partial charge in [-0.15, -0.1) is 11.3 Å². The Bertz CT molecular complexity index is 1580. The van der Waals surface area contributed by atoms with Crippen LogP contribution in [0.1, 0.15) is 29.9 Å². The number of H-pyrrole nitrogens is 1. The number of aromatic amines is 1. The molecule has 1 amide bonds. The molecule has 0 saturated carbocycles. The number of nitrogens with zero attached hydrogens (tertiary/aromatic N) is 2. The van der Waals surface area contributed by atoms with Crippen molar-refractivity contribution in [3.8, 4) is 22.1 Å². The van der Waals surface area contributed by atoms with Crippen LogP contribution in [0, 0.1) is 6.92 Å². The van der Waals surface area contributed by atoms with Gasteiger partial charge >= 0.3 is 0 Å². The third-order valence-electron chi connectivity index (χ3n) is 5.00. The molecule has 0 bridgehead atoms. The Morgan fingerprint density at radius 2 is 2.06 bits per heavy atom. The van der Waals surface area contributed by atoms with Crippen molar-refractivity contribution < 1.29 is 17.9 Å². The van der Waals surface area contributed by atoms with Crippen LogP contribution in [0.3, 0.4) is 0 Å². The molecule has 0 aliphatic rings. The second-order valence-electron chi connectivity index (χ2n) is 8.09. The number of primary sulfonamides is 1. The van der Waals surface area contributed by atoms with Crippen molar-refractivity contribution in [3.63, 3.8) is 0 Å². The molecular weight excluding hydrogens is 478 g/mol. The summed E-state index contributed by atoms with van der Waals surface area (Å²) in [4.78, 5) is 32.9. The summed E-state index contributed by atoms with van der Waals surface area (Å²) in [7, 11) is -2.46. The van der Waals surface area contributed by atoms with Crippen LogP contribution >= 0.6 is 11.3 Å². The number of aromatic nitrogens is 3. The van der Waals surface area contributed by atoms with E-state index in [9.17, 15) is 18.0 Å². The van der Waals surface area contributed by atoms with Crippen LogP contribution in [0.4, 0.5) is 0 Å². The van der Waals surface area contributed by atoms with Gasteiger partial charge in [0.1, 0.15) is 21.2 Å². The number of fused-ring (bicyclic) bond motifs is 1. The lowest BCUT2D eigenvalue weighted by molar-refractivity contribution is 0.0939. The van der Waals surface area contributed by atoms with Crippen molar-refractivity contribution >= 4 is 38.2 Å². The summed E-state index contributed by atoms with van der Waals surface area (Å²) in [5, 5.41) is 8.62. The van der Waals surface area contributed by atoms with Gasteiger partial charge in [-0.3, -0.25) is 9.59 Å². The summed E-state index contributed by atoms with van der Waals surface area (Å²) < 4.78 is 31.5. The maximum absolute atomic E-state index is 12.8. The van der Waals surface area contributed by atoms with E-state index in [1.165, 1.54) is 10.6 Å². The zero-order chi connectivity index (χ0) is 24.8. The molecule has 0 spiro atoms. The third kappa shape index (κ3) is 4.47. The Hall–Kier alpha value is -3.48. The number of aryl methyl sites for hydroxylation is 2. The minimum absolute atomic E-state index is 0.0996. The number of hydrogen-bond acceptors (Lipinski definition) is 7. The molecule has 4 heterocycles. The molecule has 0 fully saturated rings. The molecule has 0 aliphatic carbocycles. The SMILES string of the molecule is Cc1cccnc1Oc1cc(S(N)(=O)=O)sc1-c1cn(C)c(=O)c2[nH]c(C(=O)NC(C)C)cc12. The summed E-state index contributed by atoms with van der Waals surface area (Å²) in [5.74, 6) is 0.149. The van der Waals surface area contributed by atoms with Crippen LogP contribution in [-0.2, 0) is 17.1 Å². The molecule has 0 aliphatic heterocycles. The largest absolute Gasteiger partial charge is 0.437 e. The number of nitrogens with two attached hydrogens (primary N) is 1. The number of sulfonamides is 1. The number of ether oxygens (including phenoxy) is 1. The number of carbonyl (C=O) groups excluding carboxylic acids is 1. The molecule has 0 aromatic carbocycles. The highest BCUT2D eigenvalue weighted by atomic mass is 32.2. The van der Waals surface area contributed by atoms with E-state index >= 15 is 0 Å². The first kappa shape index (κ1) is 23.7. The van der Waals surface area contributed by atoms with E-state index in [-0.39, 0.29) is 38.7 Å². The summed E-state index contributed by atoms with van der Waals surface area (Å²) in [6.45, 7) is 5.47. The zero-order valence-corrected chi connectivity index (χ0v) is 20.5. The van der Waals surface area contributed by atoms with Gasteiger partial charge in [-0.25, -0.2) is 18.5 Å². The highest BCUT2D eigenvalue weighted by molar-refractivity contribution is 7.91. The second-order valence-corrected chi connectivity index (χ2v) is 10.9. The molecule has 12 heteroatoms. The van der Waals surface area contributed by atoms with E-state index in [1.54, 1.807) is 31.6 Å². The predicted molar refractivity (Wildman–Crippen MR) is 130 cm³/mol. The average molecular weight is 502 g/mol. The Balaban J connectivity index is 1.96. The first-order valence-corrected chi connectivity index (χ1v) is 12.6. The maximum atomic E-state index is 12.8. The molecule has 4 rings (SSSR count). The molecule has 4 aromatic heterocycles. The van der Waals surface area contributed by atoms with Gasteiger partial charge < -0.3 is 19.6 Å². The minimum atomic E-state index is -4.03. The van der Waals surface area contributed by atoms with Crippen LogP contribution in [0.2, 0.25) is 0 Å². The molecule has 4 aromatic rings. The zero-order valence-electron chi connectivity index (χ0n) is 18.9. The van der Waals surface area contributed by atoms with E-state index < -0.39 is 10.0 Å². The van der Waals surface area contributed by atoms with Gasteiger partial charge in [-0.2, -0.15) is 0 Å². The quantitative estimate of drug-likeness (QED) is 0.370. The van der Waals surface area contributed by atoms with Crippen molar-refractivity contribution in [3.05, 3.63) is 58.3 Å². The smallest absolute Gasteiger partial charge is 0.274 e. The van der Waals surface area contributed by atoms with Crippen LogP contribution in [0.25, 0.3) is 21.3 Å². The molecule has 178 valence electrons. The maximum Gasteiger partial charge on any atom is 0.274 e. The summed E-state index contributed by atoms with van der Waals surface area (Å²) >= 11 is 0.907. The van der Waals surface area contributed by atoms with Gasteiger partial charge in [0.25, 0.3) is 11.5 Å². The third-order valence-corrected chi connectivity index (χ3v) is 7.57. The van der Waals surface area contributed by atoms with Gasteiger partial charge in [-0.05, 0) is 32.9 Å². The highest BCUT2D eigenvalue weighted by Crippen LogP contribution is 2.44. The number of pyridine rings is 2. The van der Waals surface area contributed by atoms with Gasteiger partial charge in [0, 0.05) is 48.1 Å². The number of carbonyl (C=O) groups is 1. The lowest BCUT2D eigenvalue weighted by atomic mass is 10.1. The highest BCUT2D eigenvalue weighted by Gasteiger charge is 2.24. The molecule has 0 atom stereocenters. The number of hydrogen-bond donors (Lipinski definition) is 3. The van der Waals surface area contributed by atoms with E-state index in [1.807, 2.05) is 26.8 Å². The van der Waals surface area contributed by atoms with Crippen LogP contribution in [-0.4, -0.2) is 34.9 Å². The molecule has 0 saturated heterocycles. The number of rotatable bonds is 6. The van der Waals surface area contributed by atoms with E-state index in [0.29, 0.717) is 21.7 Å². The summed E-state index contributed by atoms with van der Waals surface area (Å²) in [5.41, 5.74) is 1.32. The first-order chi connectivity index (χ1) is 16.0. The fourth-order valence-corrected chi connectivity index (χ4v) is 5.24. The topological polar surface area (TPSA) is 149 Å². The first-order valence-electron chi connectivity index (χ1n) is 10.3. The van der Waals surface area contributed by atoms with Crippen LogP contribution in [0.5, 0.6) is 11.6 Å². The Labute approximate surface area is 199 Å². The van der Waals surface area contributed by atoms with Crippen molar-refractivity contribution in [2.45, 2.75) is 31.0 Å². The minimum Gasteiger partial charge on any atom is -0.437 e. The average Bonchev–Trinajstić information content (AvgIpc) is 3.37. The predicted octanol–water partition coefficient (Wildman–Crippen LogP) is 2.88. The normalized spacial score (nSPS) is 11.8. The monoisotopic (exact) mass is 501 g/mol. The van der Waals surface area contributed by atoms with Gasteiger partial charge in [0.2, 0.25) is 15.9 Å². The Morgan fingerprint density at radius 1 is 1.32 bits per heavy atom. The van der Waals surface area contributed by atoms with Crippen molar-refractivity contribution in [2.24, 2.45) is 12.2 Å². The van der Waals surface area contributed by atoms with Gasteiger partial charge in [0.05, 0.1) is 4.88 Å². The number of thiophene rings is 1. The standard InChI is InChI=1S/C22H23N5O5S2/c1-11(2)25-20(28)15-8-13-14(10-27(4)22(29)18(13)26-15)19-16(9-17(33-19)34(23,30)31)32-21-12(3)6-5-7-24-21/h5-11,26H,1-4H3,(H,25,28)(H2,23,30,31). The Morgan fingerprint density at radius 3 is 2.71 bits per heavy atom. The van der Waals surface area contributed by atoms with E-state index in [0.717, 1.165) is 16.9 Å². The second kappa shape index (κ2) is 8.70. The molecule has 34 heavy (non-hydrogen) atoms. The van der Waals surface area contributed by atoms with E-state index in [2.05, 4.69) is 15.3 Å². The molecule has 0 unspecified atom stereocenters. The van der Waals surface area contributed by atoms with Crippen LogP contribution < -0.4 is 20.8 Å². The summed E-state index contributed by atoms with van der Waals surface area (Å²) in [6, 6.07) is 6.37. The fraction of sp³-hybridized carbons (Fsp3) is 0.227. The fourth-order valence-electron chi connectivity index (χ4n) is 3.42. The Kier molecular flexibility index (Phi) is 6.06. The van der Waals surface area contributed by atoms with Crippen molar-refractivity contribution in [2.75, 3.05) is 0 Å². The van der Waals surface area contributed by atoms with Gasteiger partial charge in [-0.1, -0.05) is 6.07 Å². The molecule has 10 nitrogen and oxygen atoms in total.